The van der Waals surface area contributed by atoms with Crippen LogP contribution >= 0.6 is 11.3 Å². The minimum absolute atomic E-state index is 0.0652. The second kappa shape index (κ2) is 7.06. The summed E-state index contributed by atoms with van der Waals surface area (Å²) in [5.41, 5.74) is 0. The van der Waals surface area contributed by atoms with Crippen molar-refractivity contribution in [2.45, 2.75) is 26.7 Å². The Morgan fingerprint density at radius 3 is 2.79 bits per heavy atom. The van der Waals surface area contributed by atoms with E-state index in [0.29, 0.717) is 0 Å². The minimum atomic E-state index is 0.0652. The van der Waals surface area contributed by atoms with Gasteiger partial charge in [-0.15, -0.1) is 11.3 Å². The first-order valence-corrected chi connectivity index (χ1v) is 8.07. The van der Waals surface area contributed by atoms with Crippen LogP contribution in [0.2, 0.25) is 0 Å². The van der Waals surface area contributed by atoms with E-state index in [4.69, 9.17) is 0 Å². The molecule has 0 spiro atoms. The molecule has 0 bridgehead atoms. The molecule has 19 heavy (non-hydrogen) atoms. The van der Waals surface area contributed by atoms with Gasteiger partial charge in [-0.2, -0.15) is 0 Å². The molecule has 106 valence electrons. The zero-order valence-electron chi connectivity index (χ0n) is 11.9. The maximum absolute atomic E-state index is 11.7. The standard InChI is InChI=1S/C15H24N2OS/c1-12-9-13(2)11-17(10-12)7-4-6-16-15(18)14-5-3-8-19-14/h3,5,8,12-13H,4,6-7,9-11H2,1-2H3,(H,16,18)/t12-,13+. The van der Waals surface area contributed by atoms with Crippen molar-refractivity contribution in [2.75, 3.05) is 26.2 Å². The van der Waals surface area contributed by atoms with E-state index in [2.05, 4.69) is 24.1 Å². The third kappa shape index (κ3) is 4.62. The SMILES string of the molecule is C[C@@H]1C[C@H](C)CN(CCCNC(=O)c2cccs2)C1. The number of nitrogens with zero attached hydrogens (tertiary/aromatic N) is 1. The highest BCUT2D eigenvalue weighted by atomic mass is 32.1. The third-order valence-corrected chi connectivity index (χ3v) is 4.49. The second-order valence-electron chi connectivity index (χ2n) is 5.79. The van der Waals surface area contributed by atoms with Gasteiger partial charge >= 0.3 is 0 Å². The molecule has 0 aliphatic carbocycles. The van der Waals surface area contributed by atoms with Gasteiger partial charge in [0.1, 0.15) is 0 Å². The van der Waals surface area contributed by atoms with Gasteiger partial charge in [-0.25, -0.2) is 0 Å². The van der Waals surface area contributed by atoms with Gasteiger partial charge in [0.25, 0.3) is 5.91 Å². The fourth-order valence-corrected chi connectivity index (χ4v) is 3.61. The Kier molecular flexibility index (Phi) is 5.40. The maximum atomic E-state index is 11.7. The summed E-state index contributed by atoms with van der Waals surface area (Å²) in [5, 5.41) is 4.93. The Morgan fingerprint density at radius 2 is 2.16 bits per heavy atom. The zero-order chi connectivity index (χ0) is 13.7. The summed E-state index contributed by atoms with van der Waals surface area (Å²) in [5.74, 6) is 1.68. The van der Waals surface area contributed by atoms with Gasteiger partial charge < -0.3 is 10.2 Å². The van der Waals surface area contributed by atoms with E-state index in [1.54, 1.807) is 0 Å². The zero-order valence-corrected chi connectivity index (χ0v) is 12.7. The monoisotopic (exact) mass is 280 g/mol. The molecule has 2 heterocycles. The van der Waals surface area contributed by atoms with Crippen molar-refractivity contribution in [3.8, 4) is 0 Å². The molecular formula is C15H24N2OS. The van der Waals surface area contributed by atoms with Crippen molar-refractivity contribution in [3.05, 3.63) is 22.4 Å². The number of amides is 1. The van der Waals surface area contributed by atoms with Crippen LogP contribution in [0, 0.1) is 11.8 Å². The molecule has 0 radical (unpaired) electrons. The summed E-state index contributed by atoms with van der Waals surface area (Å²) < 4.78 is 0. The molecule has 4 heteroatoms. The molecular weight excluding hydrogens is 256 g/mol. The van der Waals surface area contributed by atoms with E-state index < -0.39 is 0 Å². The number of piperidine rings is 1. The molecule has 3 nitrogen and oxygen atoms in total. The summed E-state index contributed by atoms with van der Waals surface area (Å²) in [7, 11) is 0. The van der Waals surface area contributed by atoms with E-state index in [1.807, 2.05) is 17.5 Å². The summed E-state index contributed by atoms with van der Waals surface area (Å²) in [6, 6.07) is 3.78. The summed E-state index contributed by atoms with van der Waals surface area (Å²) in [4.78, 5) is 15.1. The number of likely N-dealkylation sites (tertiary alicyclic amines) is 1. The van der Waals surface area contributed by atoms with Crippen LogP contribution in [0.1, 0.15) is 36.4 Å². The van der Waals surface area contributed by atoms with Gasteiger partial charge in [0.05, 0.1) is 4.88 Å². The number of rotatable bonds is 5. The van der Waals surface area contributed by atoms with Crippen molar-refractivity contribution < 1.29 is 4.79 Å². The molecule has 1 fully saturated rings. The predicted molar refractivity (Wildman–Crippen MR) is 80.7 cm³/mol. The quantitative estimate of drug-likeness (QED) is 0.841. The van der Waals surface area contributed by atoms with Crippen LogP contribution in [0.3, 0.4) is 0 Å². The molecule has 1 aliphatic rings. The lowest BCUT2D eigenvalue weighted by Gasteiger charge is -2.34. The van der Waals surface area contributed by atoms with Crippen molar-refractivity contribution >= 4 is 17.2 Å². The number of carbonyl (C=O) groups excluding carboxylic acids is 1. The maximum Gasteiger partial charge on any atom is 0.261 e. The summed E-state index contributed by atoms with van der Waals surface area (Å²) >= 11 is 1.50. The van der Waals surface area contributed by atoms with Crippen LogP contribution < -0.4 is 5.32 Å². The lowest BCUT2D eigenvalue weighted by Crippen LogP contribution is -2.40. The average Bonchev–Trinajstić information content (AvgIpc) is 2.87. The summed E-state index contributed by atoms with van der Waals surface area (Å²) in [6.45, 7) is 8.96. The molecule has 1 saturated heterocycles. The Morgan fingerprint density at radius 1 is 1.42 bits per heavy atom. The smallest absolute Gasteiger partial charge is 0.261 e. The molecule has 1 aliphatic heterocycles. The normalized spacial score (nSPS) is 24.3. The van der Waals surface area contributed by atoms with E-state index in [9.17, 15) is 4.79 Å². The number of hydrogen-bond donors (Lipinski definition) is 1. The van der Waals surface area contributed by atoms with Crippen LogP contribution in [0.15, 0.2) is 17.5 Å². The first kappa shape index (κ1) is 14.5. The van der Waals surface area contributed by atoms with Gasteiger partial charge in [0, 0.05) is 19.6 Å². The summed E-state index contributed by atoms with van der Waals surface area (Å²) in [6.07, 6.45) is 2.39. The Bertz CT molecular complexity index is 381. The van der Waals surface area contributed by atoms with Gasteiger partial charge in [0.15, 0.2) is 0 Å². The number of carbonyl (C=O) groups is 1. The van der Waals surface area contributed by atoms with Crippen LogP contribution in [0.4, 0.5) is 0 Å². The number of nitrogens with one attached hydrogen (secondary N) is 1. The molecule has 0 unspecified atom stereocenters. The van der Waals surface area contributed by atoms with E-state index >= 15 is 0 Å². The fourth-order valence-electron chi connectivity index (χ4n) is 2.97. The average molecular weight is 280 g/mol. The van der Waals surface area contributed by atoms with Gasteiger partial charge in [-0.1, -0.05) is 19.9 Å². The molecule has 2 rings (SSSR count). The van der Waals surface area contributed by atoms with E-state index in [0.717, 1.165) is 36.2 Å². The van der Waals surface area contributed by atoms with Crippen LogP contribution in [0.5, 0.6) is 0 Å². The molecule has 0 aromatic carbocycles. The Hall–Kier alpha value is -0.870. The highest BCUT2D eigenvalue weighted by Gasteiger charge is 2.21. The van der Waals surface area contributed by atoms with Crippen LogP contribution in [0.25, 0.3) is 0 Å². The fraction of sp³-hybridized carbons (Fsp3) is 0.667. The van der Waals surface area contributed by atoms with Gasteiger partial charge in [0.2, 0.25) is 0 Å². The van der Waals surface area contributed by atoms with Crippen LogP contribution in [-0.2, 0) is 0 Å². The van der Waals surface area contributed by atoms with Crippen molar-refractivity contribution in [1.82, 2.24) is 10.2 Å². The lowest BCUT2D eigenvalue weighted by atomic mass is 9.92. The molecule has 1 N–H and O–H groups in total. The number of thiophene rings is 1. The lowest BCUT2D eigenvalue weighted by molar-refractivity contribution is 0.0951. The highest BCUT2D eigenvalue weighted by Crippen LogP contribution is 2.20. The molecule has 0 saturated carbocycles. The minimum Gasteiger partial charge on any atom is -0.351 e. The highest BCUT2D eigenvalue weighted by molar-refractivity contribution is 7.12. The predicted octanol–water partition coefficient (Wildman–Crippen LogP) is 2.85. The number of hydrogen-bond acceptors (Lipinski definition) is 3. The van der Waals surface area contributed by atoms with Crippen molar-refractivity contribution in [3.63, 3.8) is 0 Å². The van der Waals surface area contributed by atoms with E-state index in [1.165, 1.54) is 30.8 Å². The van der Waals surface area contributed by atoms with E-state index in [-0.39, 0.29) is 5.91 Å². The third-order valence-electron chi connectivity index (χ3n) is 3.63. The van der Waals surface area contributed by atoms with Crippen molar-refractivity contribution in [2.24, 2.45) is 11.8 Å². The first-order valence-electron chi connectivity index (χ1n) is 7.19. The van der Waals surface area contributed by atoms with Gasteiger partial charge in [-0.05, 0) is 42.7 Å². The molecule has 1 amide bonds. The first-order chi connectivity index (χ1) is 9.15. The Labute approximate surface area is 120 Å². The molecule has 1 aromatic rings. The second-order valence-corrected chi connectivity index (χ2v) is 6.74. The molecule has 1 aromatic heterocycles. The Balaban J connectivity index is 1.63. The van der Waals surface area contributed by atoms with Gasteiger partial charge in [-0.3, -0.25) is 4.79 Å². The van der Waals surface area contributed by atoms with Crippen LogP contribution in [-0.4, -0.2) is 37.0 Å². The largest absolute Gasteiger partial charge is 0.351 e. The van der Waals surface area contributed by atoms with Crippen molar-refractivity contribution in [1.29, 1.82) is 0 Å². The topological polar surface area (TPSA) is 32.3 Å². The molecule has 2 atom stereocenters.